The smallest absolute Gasteiger partial charge is 0.224 e. The molecule has 124 valence electrons. The van der Waals surface area contributed by atoms with Crippen molar-refractivity contribution in [1.29, 1.82) is 0 Å². The third kappa shape index (κ3) is 3.11. The molecule has 0 radical (unpaired) electrons. The highest BCUT2D eigenvalue weighted by atomic mass is 35.5. The van der Waals surface area contributed by atoms with E-state index in [-0.39, 0.29) is 20.4 Å². The van der Waals surface area contributed by atoms with Crippen molar-refractivity contribution >= 4 is 47.3 Å². The average Bonchev–Trinajstić information content (AvgIpc) is 3.02. The molecule has 5 nitrogen and oxygen atoms in total. The highest BCUT2D eigenvalue weighted by molar-refractivity contribution is 6.37. The van der Waals surface area contributed by atoms with E-state index in [1.807, 2.05) is 37.2 Å². The number of aliphatic imine (C=N–C) groups is 1. The van der Waals surface area contributed by atoms with Gasteiger partial charge in [0.15, 0.2) is 17.8 Å². The van der Waals surface area contributed by atoms with Crippen LogP contribution in [-0.2, 0) is 6.54 Å². The van der Waals surface area contributed by atoms with Crippen LogP contribution in [0.2, 0.25) is 10.0 Å². The first-order valence-electron chi connectivity index (χ1n) is 7.32. The number of quaternary nitrogens is 1. The summed E-state index contributed by atoms with van der Waals surface area (Å²) in [4.78, 5) is 6.19. The zero-order valence-electron chi connectivity index (χ0n) is 13.3. The Morgan fingerprint density at radius 1 is 1.12 bits per heavy atom. The van der Waals surface area contributed by atoms with Gasteiger partial charge in [-0.2, -0.15) is 4.99 Å². The molecule has 1 heterocycles. The number of anilines is 1. The van der Waals surface area contributed by atoms with E-state index in [9.17, 15) is 5.11 Å². The number of halogens is 2. The van der Waals surface area contributed by atoms with Gasteiger partial charge in [0.2, 0.25) is 6.34 Å². The van der Waals surface area contributed by atoms with Crippen LogP contribution >= 0.6 is 23.2 Å². The molecule has 0 amide bonds. The van der Waals surface area contributed by atoms with Crippen LogP contribution in [0.3, 0.4) is 0 Å². The fraction of sp³-hybridized carbons (Fsp3) is 0.176. The molecule has 0 aromatic heterocycles. The van der Waals surface area contributed by atoms with Gasteiger partial charge >= 0.3 is 0 Å². The second kappa shape index (κ2) is 6.43. The van der Waals surface area contributed by atoms with Crippen molar-refractivity contribution in [3.05, 3.63) is 52.0 Å². The van der Waals surface area contributed by atoms with Crippen LogP contribution in [0, 0.1) is 0 Å². The molecule has 1 aliphatic heterocycles. The van der Waals surface area contributed by atoms with Gasteiger partial charge in [0.05, 0.1) is 10.0 Å². The molecular formula is C17H17Cl2N4O+. The number of aromatic hydroxyl groups is 1. The SMILES string of the molecule is CN(C)c1cccc(C[N+]2(c3cc(Cl)c(O)c(Cl)c3)C=NC=N2)c1. The molecule has 1 unspecified atom stereocenters. The van der Waals surface area contributed by atoms with E-state index in [4.69, 9.17) is 23.2 Å². The molecule has 24 heavy (non-hydrogen) atoms. The van der Waals surface area contributed by atoms with E-state index >= 15 is 0 Å². The van der Waals surface area contributed by atoms with Crippen LogP contribution in [0.15, 0.2) is 46.5 Å². The number of rotatable bonds is 4. The summed E-state index contributed by atoms with van der Waals surface area (Å²) in [6, 6.07) is 11.5. The van der Waals surface area contributed by atoms with E-state index < -0.39 is 0 Å². The number of hydrogen-bond donors (Lipinski definition) is 1. The summed E-state index contributed by atoms with van der Waals surface area (Å²) < 4.78 is 0.108. The Hall–Kier alpha value is -2.08. The Labute approximate surface area is 150 Å². The molecule has 0 bridgehead atoms. The summed E-state index contributed by atoms with van der Waals surface area (Å²) in [5.41, 5.74) is 2.93. The Morgan fingerprint density at radius 2 is 1.83 bits per heavy atom. The minimum Gasteiger partial charge on any atom is -0.505 e. The van der Waals surface area contributed by atoms with E-state index in [1.54, 1.807) is 18.5 Å². The Morgan fingerprint density at radius 3 is 2.42 bits per heavy atom. The number of hydrogen-bond acceptors (Lipinski definition) is 4. The predicted molar refractivity (Wildman–Crippen MR) is 101 cm³/mol. The molecule has 1 atom stereocenters. The van der Waals surface area contributed by atoms with E-state index in [0.717, 1.165) is 16.9 Å². The molecule has 0 fully saturated rings. The van der Waals surface area contributed by atoms with Gasteiger partial charge in [-0.25, -0.2) is 0 Å². The standard InChI is InChI=1S/C17H16Cl2N4O/c1-22(2)13-5-3-4-12(6-13)9-23(11-20-10-21-23)14-7-15(18)17(24)16(19)8-14/h3-8,10-11H,9H2,1-2H3/p+1. The lowest BCUT2D eigenvalue weighted by Crippen LogP contribution is -2.39. The van der Waals surface area contributed by atoms with Crippen molar-refractivity contribution in [3.63, 3.8) is 0 Å². The lowest BCUT2D eigenvalue weighted by molar-refractivity contribution is 0.446. The highest BCUT2D eigenvalue weighted by Gasteiger charge is 2.34. The van der Waals surface area contributed by atoms with Crippen molar-refractivity contribution in [3.8, 4) is 5.75 Å². The van der Waals surface area contributed by atoms with Gasteiger partial charge in [0.1, 0.15) is 6.54 Å². The number of phenolic OH excluding ortho intramolecular Hbond substituents is 1. The lowest BCUT2D eigenvalue weighted by Gasteiger charge is -2.25. The highest BCUT2D eigenvalue weighted by Crippen LogP contribution is 2.39. The minimum absolute atomic E-state index is 0.108. The van der Waals surface area contributed by atoms with Gasteiger partial charge in [0, 0.05) is 37.5 Å². The maximum atomic E-state index is 9.80. The molecule has 0 aliphatic carbocycles. The summed E-state index contributed by atoms with van der Waals surface area (Å²) in [7, 11) is 4.00. The van der Waals surface area contributed by atoms with Gasteiger partial charge in [-0.3, -0.25) is 0 Å². The maximum absolute atomic E-state index is 9.80. The molecule has 0 spiro atoms. The first-order valence-corrected chi connectivity index (χ1v) is 8.08. The summed E-state index contributed by atoms with van der Waals surface area (Å²) >= 11 is 12.2. The summed E-state index contributed by atoms with van der Waals surface area (Å²) in [6.45, 7) is 0.555. The average molecular weight is 364 g/mol. The third-order valence-electron chi connectivity index (χ3n) is 3.88. The molecule has 1 N–H and O–H groups in total. The Kier molecular flexibility index (Phi) is 4.49. The first kappa shape index (κ1) is 16.8. The summed E-state index contributed by atoms with van der Waals surface area (Å²) in [6.07, 6.45) is 3.23. The first-order chi connectivity index (χ1) is 11.4. The monoisotopic (exact) mass is 363 g/mol. The second-order valence-electron chi connectivity index (χ2n) is 5.80. The largest absolute Gasteiger partial charge is 0.505 e. The number of benzene rings is 2. The van der Waals surface area contributed by atoms with Gasteiger partial charge in [0.25, 0.3) is 0 Å². The van der Waals surface area contributed by atoms with Crippen molar-refractivity contribution in [2.45, 2.75) is 6.54 Å². The van der Waals surface area contributed by atoms with Gasteiger partial charge < -0.3 is 10.0 Å². The molecule has 2 aromatic carbocycles. The molecule has 0 saturated carbocycles. The fourth-order valence-electron chi connectivity index (χ4n) is 2.59. The molecule has 0 saturated heterocycles. The molecular weight excluding hydrogens is 347 g/mol. The molecule has 2 aromatic rings. The van der Waals surface area contributed by atoms with Gasteiger partial charge in [-0.1, -0.05) is 40.4 Å². The Balaban J connectivity index is 2.03. The Bertz CT molecular complexity index is 798. The van der Waals surface area contributed by atoms with Crippen molar-refractivity contribution in [1.82, 2.24) is 4.59 Å². The van der Waals surface area contributed by atoms with Crippen LogP contribution < -0.4 is 9.49 Å². The number of phenols is 1. The van der Waals surface area contributed by atoms with Crippen molar-refractivity contribution in [2.75, 3.05) is 19.0 Å². The van der Waals surface area contributed by atoms with Crippen molar-refractivity contribution in [2.24, 2.45) is 10.1 Å². The number of nitrogens with zero attached hydrogens (tertiary/aromatic N) is 4. The topological polar surface area (TPSA) is 48.2 Å². The van der Waals surface area contributed by atoms with Gasteiger partial charge in [-0.05, 0) is 12.1 Å². The fourth-order valence-corrected chi connectivity index (χ4v) is 3.06. The molecule has 3 rings (SSSR count). The quantitative estimate of drug-likeness (QED) is 0.825. The van der Waals surface area contributed by atoms with Crippen LogP contribution in [0.1, 0.15) is 5.56 Å². The lowest BCUT2D eigenvalue weighted by atomic mass is 10.1. The third-order valence-corrected chi connectivity index (χ3v) is 4.46. The zero-order chi connectivity index (χ0) is 17.3. The minimum atomic E-state index is -0.130. The second-order valence-corrected chi connectivity index (χ2v) is 6.62. The van der Waals surface area contributed by atoms with E-state index in [0.29, 0.717) is 6.54 Å². The summed E-state index contributed by atoms with van der Waals surface area (Å²) in [5.74, 6) is -0.130. The maximum Gasteiger partial charge on any atom is 0.224 e. The van der Waals surface area contributed by atoms with Crippen LogP contribution in [0.5, 0.6) is 5.75 Å². The van der Waals surface area contributed by atoms with Crippen molar-refractivity contribution < 1.29 is 5.11 Å². The molecule has 1 aliphatic rings. The predicted octanol–water partition coefficient (Wildman–Crippen LogP) is 4.26. The van der Waals surface area contributed by atoms with Crippen LogP contribution in [0.25, 0.3) is 0 Å². The summed E-state index contributed by atoms with van der Waals surface area (Å²) in [5, 5.41) is 14.7. The normalized spacial score (nSPS) is 19.0. The van der Waals surface area contributed by atoms with Crippen LogP contribution in [-0.4, -0.2) is 31.9 Å². The van der Waals surface area contributed by atoms with E-state index in [1.165, 1.54) is 6.34 Å². The van der Waals surface area contributed by atoms with E-state index in [2.05, 4.69) is 16.2 Å². The zero-order valence-corrected chi connectivity index (χ0v) is 14.8. The van der Waals surface area contributed by atoms with Crippen LogP contribution in [0.4, 0.5) is 11.4 Å². The molecule has 7 heteroatoms. The van der Waals surface area contributed by atoms with Gasteiger partial charge in [-0.15, -0.1) is 4.59 Å².